The molecule has 1 aromatic heterocycles. The van der Waals surface area contributed by atoms with Gasteiger partial charge in [-0.15, -0.1) is 13.2 Å². The summed E-state index contributed by atoms with van der Waals surface area (Å²) < 4.78 is 5.07. The van der Waals surface area contributed by atoms with Crippen LogP contribution in [0.15, 0.2) is 25.3 Å². The molecular formula is C21H30N2O6. The number of H-pyrrole nitrogens is 1. The van der Waals surface area contributed by atoms with Gasteiger partial charge in [-0.1, -0.05) is 12.1 Å². The van der Waals surface area contributed by atoms with E-state index in [4.69, 9.17) is 4.74 Å². The molecule has 8 nitrogen and oxygen atoms in total. The summed E-state index contributed by atoms with van der Waals surface area (Å²) in [5.74, 6) is -0.579. The Hall–Kier alpha value is -2.49. The van der Waals surface area contributed by atoms with Crippen LogP contribution >= 0.6 is 0 Å². The molecule has 0 spiro atoms. The van der Waals surface area contributed by atoms with E-state index in [1.54, 1.807) is 26.1 Å². The maximum absolute atomic E-state index is 12.3. The van der Waals surface area contributed by atoms with Crippen molar-refractivity contribution in [1.82, 2.24) is 10.3 Å². The third-order valence-electron chi connectivity index (χ3n) is 4.46. The highest BCUT2D eigenvalue weighted by Gasteiger charge is 2.25. The SMILES string of the molecule is C=C.CCOC(=O)c1[nH]c(CNC)c(-c2ccc(CO)c(CO)c2CO)c1CO. The number of carbonyl (C=O) groups excluding carboxylic acids is 1. The van der Waals surface area contributed by atoms with Crippen LogP contribution in [-0.2, 0) is 37.7 Å². The molecular weight excluding hydrogens is 376 g/mol. The Morgan fingerprint density at radius 1 is 1.03 bits per heavy atom. The van der Waals surface area contributed by atoms with Crippen molar-refractivity contribution in [3.8, 4) is 11.1 Å². The highest BCUT2D eigenvalue weighted by Crippen LogP contribution is 2.36. The summed E-state index contributed by atoms with van der Waals surface area (Å²) in [6.45, 7) is 6.85. The summed E-state index contributed by atoms with van der Waals surface area (Å²) in [6, 6.07) is 3.36. The lowest BCUT2D eigenvalue weighted by molar-refractivity contribution is 0.0516. The second-order valence-corrected chi connectivity index (χ2v) is 5.94. The van der Waals surface area contributed by atoms with Crippen LogP contribution in [0.3, 0.4) is 0 Å². The van der Waals surface area contributed by atoms with E-state index in [1.165, 1.54) is 0 Å². The second kappa shape index (κ2) is 12.2. The zero-order valence-corrected chi connectivity index (χ0v) is 16.9. The van der Waals surface area contributed by atoms with Crippen molar-refractivity contribution >= 4 is 5.97 Å². The van der Waals surface area contributed by atoms with Gasteiger partial charge in [-0.3, -0.25) is 0 Å². The fraction of sp³-hybridized carbons (Fsp3) is 0.381. The second-order valence-electron chi connectivity index (χ2n) is 5.94. The number of aromatic amines is 1. The van der Waals surface area contributed by atoms with Gasteiger partial charge in [0.1, 0.15) is 5.69 Å². The lowest BCUT2D eigenvalue weighted by Crippen LogP contribution is -2.09. The Morgan fingerprint density at radius 3 is 2.14 bits per heavy atom. The van der Waals surface area contributed by atoms with Gasteiger partial charge in [0, 0.05) is 23.4 Å². The molecule has 2 aromatic rings. The van der Waals surface area contributed by atoms with Crippen molar-refractivity contribution < 1.29 is 30.0 Å². The number of nitrogens with one attached hydrogen (secondary N) is 2. The third-order valence-corrected chi connectivity index (χ3v) is 4.46. The van der Waals surface area contributed by atoms with Crippen LogP contribution in [0.5, 0.6) is 0 Å². The van der Waals surface area contributed by atoms with Crippen molar-refractivity contribution in [3.63, 3.8) is 0 Å². The maximum atomic E-state index is 12.3. The predicted octanol–water partition coefficient (Wildman–Crippen LogP) is 1.35. The van der Waals surface area contributed by atoms with Gasteiger partial charge in [0.2, 0.25) is 0 Å². The van der Waals surface area contributed by atoms with Gasteiger partial charge in [0.05, 0.1) is 33.0 Å². The molecule has 0 radical (unpaired) electrons. The smallest absolute Gasteiger partial charge is 0.355 e. The van der Waals surface area contributed by atoms with Crippen molar-refractivity contribution in [2.24, 2.45) is 0 Å². The first-order chi connectivity index (χ1) is 14.1. The molecule has 2 rings (SSSR count). The van der Waals surface area contributed by atoms with Crippen LogP contribution in [0.2, 0.25) is 0 Å². The van der Waals surface area contributed by atoms with Gasteiger partial charge in [-0.05, 0) is 36.2 Å². The predicted molar refractivity (Wildman–Crippen MR) is 110 cm³/mol. The van der Waals surface area contributed by atoms with Gasteiger partial charge >= 0.3 is 5.97 Å². The normalized spacial score (nSPS) is 10.4. The van der Waals surface area contributed by atoms with Crippen LogP contribution < -0.4 is 5.32 Å². The number of aliphatic hydroxyl groups is 4. The average Bonchev–Trinajstić information content (AvgIpc) is 3.12. The number of carbonyl (C=O) groups is 1. The van der Waals surface area contributed by atoms with E-state index >= 15 is 0 Å². The third kappa shape index (κ3) is 5.11. The zero-order valence-electron chi connectivity index (χ0n) is 16.9. The molecule has 0 aliphatic heterocycles. The molecule has 1 heterocycles. The number of hydrogen-bond acceptors (Lipinski definition) is 7. The van der Waals surface area contributed by atoms with E-state index in [0.29, 0.717) is 45.6 Å². The first-order valence-electron chi connectivity index (χ1n) is 9.20. The molecule has 0 amide bonds. The first-order valence-corrected chi connectivity index (χ1v) is 9.20. The summed E-state index contributed by atoms with van der Waals surface area (Å²) in [4.78, 5) is 15.3. The van der Waals surface area contributed by atoms with Crippen molar-refractivity contribution in [3.05, 3.63) is 58.9 Å². The van der Waals surface area contributed by atoms with Gasteiger partial charge in [0.15, 0.2) is 0 Å². The highest BCUT2D eigenvalue weighted by atomic mass is 16.5. The number of esters is 1. The summed E-state index contributed by atoms with van der Waals surface area (Å²) >= 11 is 0. The zero-order chi connectivity index (χ0) is 22.0. The molecule has 0 bridgehead atoms. The Labute approximate surface area is 170 Å². The van der Waals surface area contributed by atoms with E-state index in [-0.39, 0.29) is 32.1 Å². The minimum Gasteiger partial charge on any atom is -0.461 e. The number of aliphatic hydroxyl groups excluding tert-OH is 4. The molecule has 0 aliphatic carbocycles. The summed E-state index contributed by atoms with van der Waals surface area (Å²) in [5, 5.41) is 42.1. The molecule has 0 atom stereocenters. The molecule has 1 aromatic carbocycles. The average molecular weight is 406 g/mol. The van der Waals surface area contributed by atoms with E-state index in [9.17, 15) is 25.2 Å². The van der Waals surface area contributed by atoms with Crippen LogP contribution in [0.1, 0.15) is 45.4 Å². The fourth-order valence-corrected chi connectivity index (χ4v) is 3.27. The Balaban J connectivity index is 0.00000204. The highest BCUT2D eigenvalue weighted by molar-refractivity contribution is 5.93. The Morgan fingerprint density at radius 2 is 1.66 bits per heavy atom. The lowest BCUT2D eigenvalue weighted by Gasteiger charge is -2.17. The fourth-order valence-electron chi connectivity index (χ4n) is 3.27. The molecule has 0 saturated heterocycles. The number of aromatic nitrogens is 1. The van der Waals surface area contributed by atoms with Crippen LogP contribution in [0.25, 0.3) is 11.1 Å². The minimum atomic E-state index is -0.579. The van der Waals surface area contributed by atoms with Gasteiger partial charge in [-0.25, -0.2) is 4.79 Å². The maximum Gasteiger partial charge on any atom is 0.355 e. The molecule has 0 aliphatic rings. The summed E-state index contributed by atoms with van der Waals surface area (Å²) in [6.07, 6.45) is 0. The first kappa shape index (κ1) is 24.5. The van der Waals surface area contributed by atoms with E-state index in [1.807, 2.05) is 0 Å². The van der Waals surface area contributed by atoms with Gasteiger partial charge in [-0.2, -0.15) is 0 Å². The van der Waals surface area contributed by atoms with Crippen molar-refractivity contribution in [1.29, 1.82) is 0 Å². The van der Waals surface area contributed by atoms with E-state index in [2.05, 4.69) is 23.5 Å². The summed E-state index contributed by atoms with van der Waals surface area (Å²) in [5.41, 5.74) is 3.65. The molecule has 29 heavy (non-hydrogen) atoms. The number of rotatable bonds is 9. The molecule has 6 N–H and O–H groups in total. The summed E-state index contributed by atoms with van der Waals surface area (Å²) in [7, 11) is 1.74. The topological polar surface area (TPSA) is 135 Å². The standard InChI is InChI=1S/C19H26N2O6.C2H4/c1-3-27-19(26)18-15(10-25)17(16(21-18)6-20-2)12-5-4-11(7-22)13(8-23)14(12)9-24;1-2/h4-5,20-25H,3,6-10H2,1-2H3;1-2H2. The Kier molecular flexibility index (Phi) is 10.3. The molecule has 0 saturated carbocycles. The lowest BCUT2D eigenvalue weighted by atomic mass is 9.90. The van der Waals surface area contributed by atoms with Gasteiger partial charge < -0.3 is 35.5 Å². The minimum absolute atomic E-state index is 0.153. The monoisotopic (exact) mass is 406 g/mol. The van der Waals surface area contributed by atoms with E-state index in [0.717, 1.165) is 0 Å². The quantitative estimate of drug-likeness (QED) is 0.273. The Bertz CT molecular complexity index is 816. The van der Waals surface area contributed by atoms with Crippen molar-refractivity contribution in [2.75, 3.05) is 13.7 Å². The molecule has 160 valence electrons. The molecule has 8 heteroatoms. The van der Waals surface area contributed by atoms with E-state index < -0.39 is 12.6 Å². The molecule has 0 fully saturated rings. The van der Waals surface area contributed by atoms with Crippen LogP contribution in [-0.4, -0.2) is 45.0 Å². The largest absolute Gasteiger partial charge is 0.461 e. The number of hydrogen-bond donors (Lipinski definition) is 6. The van der Waals surface area contributed by atoms with Crippen LogP contribution in [0, 0.1) is 0 Å². The van der Waals surface area contributed by atoms with Crippen molar-refractivity contribution in [2.45, 2.75) is 39.9 Å². The molecule has 0 unspecified atom stereocenters. The van der Waals surface area contributed by atoms with Crippen LogP contribution in [0.4, 0.5) is 0 Å². The number of ether oxygens (including phenoxy) is 1. The van der Waals surface area contributed by atoms with Gasteiger partial charge in [0.25, 0.3) is 0 Å². The number of benzene rings is 1.